The number of nitrogens with zero attached hydrogens (tertiary/aromatic N) is 2. The summed E-state index contributed by atoms with van der Waals surface area (Å²) in [6.07, 6.45) is 5.48. The normalized spacial score (nSPS) is 18.4. The van der Waals surface area contributed by atoms with Gasteiger partial charge >= 0.3 is 0 Å². The number of guanidine groups is 1. The maximum Gasteiger partial charge on any atom is 0.219 e. The van der Waals surface area contributed by atoms with Gasteiger partial charge in [0.05, 0.1) is 12.5 Å². The van der Waals surface area contributed by atoms with Gasteiger partial charge in [0.1, 0.15) is 0 Å². The molecule has 1 amide bonds. The topological polar surface area (TPSA) is 70.7 Å². The van der Waals surface area contributed by atoms with Crippen LogP contribution in [0.15, 0.2) is 41.9 Å². The second kappa shape index (κ2) is 8.36. The van der Waals surface area contributed by atoms with E-state index in [9.17, 15) is 4.79 Å². The highest BCUT2D eigenvalue weighted by molar-refractivity contribution is 5.97. The second-order valence-electron chi connectivity index (χ2n) is 5.75. The van der Waals surface area contributed by atoms with Gasteiger partial charge in [0.15, 0.2) is 5.96 Å². The van der Waals surface area contributed by atoms with E-state index in [4.69, 9.17) is 10.7 Å². The summed E-state index contributed by atoms with van der Waals surface area (Å²) < 4.78 is 0. The molecule has 2 rings (SSSR count). The second-order valence-corrected chi connectivity index (χ2v) is 5.75. The van der Waals surface area contributed by atoms with Crippen LogP contribution in [-0.2, 0) is 4.79 Å². The SMILES string of the molecule is C=CCN1C(=NCCCCC)Nc2ccccc2C1CC(N)=O. The van der Waals surface area contributed by atoms with E-state index in [1.54, 1.807) is 0 Å². The van der Waals surface area contributed by atoms with Gasteiger partial charge in [-0.05, 0) is 18.1 Å². The van der Waals surface area contributed by atoms with E-state index in [-0.39, 0.29) is 18.4 Å². The van der Waals surface area contributed by atoms with Gasteiger partial charge in [-0.1, -0.05) is 44.0 Å². The molecule has 124 valence electrons. The number of carbonyl (C=O) groups excluding carboxylic acids is 1. The van der Waals surface area contributed by atoms with Crippen LogP contribution in [0.4, 0.5) is 5.69 Å². The molecule has 1 atom stereocenters. The first-order valence-corrected chi connectivity index (χ1v) is 8.23. The molecule has 1 aromatic carbocycles. The number of primary amides is 1. The van der Waals surface area contributed by atoms with E-state index in [1.165, 1.54) is 12.8 Å². The highest BCUT2D eigenvalue weighted by Crippen LogP contribution is 2.34. The Kier molecular flexibility index (Phi) is 6.20. The summed E-state index contributed by atoms with van der Waals surface area (Å²) in [6.45, 7) is 7.39. The number of nitrogens with two attached hydrogens (primary N) is 1. The first-order valence-electron chi connectivity index (χ1n) is 8.23. The van der Waals surface area contributed by atoms with E-state index in [2.05, 4.69) is 23.7 Å². The number of hydrogen-bond donors (Lipinski definition) is 2. The maximum atomic E-state index is 11.5. The number of carbonyl (C=O) groups is 1. The lowest BCUT2D eigenvalue weighted by molar-refractivity contribution is -0.119. The van der Waals surface area contributed by atoms with Crippen molar-refractivity contribution in [2.45, 2.75) is 38.6 Å². The molecule has 1 unspecified atom stereocenters. The van der Waals surface area contributed by atoms with Crippen molar-refractivity contribution in [3.63, 3.8) is 0 Å². The smallest absolute Gasteiger partial charge is 0.219 e. The Labute approximate surface area is 138 Å². The molecule has 5 heteroatoms. The van der Waals surface area contributed by atoms with Crippen LogP contribution in [0.2, 0.25) is 0 Å². The fraction of sp³-hybridized carbons (Fsp3) is 0.444. The molecular formula is C18H26N4O. The van der Waals surface area contributed by atoms with E-state index in [1.807, 2.05) is 30.3 Å². The summed E-state index contributed by atoms with van der Waals surface area (Å²) in [5.41, 5.74) is 7.54. The van der Waals surface area contributed by atoms with Crippen LogP contribution in [0.1, 0.15) is 44.2 Å². The summed E-state index contributed by atoms with van der Waals surface area (Å²) in [4.78, 5) is 18.3. The van der Waals surface area contributed by atoms with Crippen molar-refractivity contribution in [1.82, 2.24) is 4.90 Å². The predicted octanol–water partition coefficient (Wildman–Crippen LogP) is 3.06. The molecule has 0 spiro atoms. The molecule has 1 aromatic rings. The maximum absolute atomic E-state index is 11.5. The molecule has 23 heavy (non-hydrogen) atoms. The zero-order valence-corrected chi connectivity index (χ0v) is 13.8. The molecule has 0 radical (unpaired) electrons. The van der Waals surface area contributed by atoms with Crippen LogP contribution < -0.4 is 11.1 Å². The molecule has 0 aliphatic carbocycles. The Bertz CT molecular complexity index is 582. The standard InChI is InChI=1S/C18H26N4O/c1-3-5-8-11-20-18-21-15-10-7-6-9-14(15)16(13-17(19)23)22(18)12-4-2/h4,6-7,9-10,16H,2-3,5,8,11-13H2,1H3,(H2,19,23)(H,20,21). The van der Waals surface area contributed by atoms with Crippen LogP contribution in [-0.4, -0.2) is 29.9 Å². The Morgan fingerprint density at radius 2 is 2.22 bits per heavy atom. The highest BCUT2D eigenvalue weighted by Gasteiger charge is 2.31. The number of rotatable bonds is 8. The summed E-state index contributed by atoms with van der Waals surface area (Å²) >= 11 is 0. The third kappa shape index (κ3) is 4.34. The quantitative estimate of drug-likeness (QED) is 0.572. The molecular weight excluding hydrogens is 288 g/mol. The summed E-state index contributed by atoms with van der Waals surface area (Å²) in [7, 11) is 0. The van der Waals surface area contributed by atoms with E-state index in [0.29, 0.717) is 6.54 Å². The summed E-state index contributed by atoms with van der Waals surface area (Å²) in [5.74, 6) is 0.483. The third-order valence-corrected chi connectivity index (χ3v) is 3.96. The van der Waals surface area contributed by atoms with E-state index < -0.39 is 0 Å². The summed E-state index contributed by atoms with van der Waals surface area (Å²) in [5, 5.41) is 3.39. The molecule has 0 saturated heterocycles. The Hall–Kier alpha value is -2.30. The zero-order valence-electron chi connectivity index (χ0n) is 13.8. The number of nitrogens with one attached hydrogen (secondary N) is 1. The van der Waals surface area contributed by atoms with Gasteiger partial charge in [-0.3, -0.25) is 9.79 Å². The molecule has 1 aliphatic rings. The molecule has 0 bridgehead atoms. The molecule has 1 aliphatic heterocycles. The van der Waals surface area contributed by atoms with Gasteiger partial charge in [-0.2, -0.15) is 0 Å². The van der Waals surface area contributed by atoms with Crippen LogP contribution in [0.3, 0.4) is 0 Å². The number of fused-ring (bicyclic) bond motifs is 1. The minimum atomic E-state index is -0.314. The zero-order chi connectivity index (χ0) is 16.7. The van der Waals surface area contributed by atoms with E-state index >= 15 is 0 Å². The number of unbranched alkanes of at least 4 members (excludes halogenated alkanes) is 2. The number of anilines is 1. The molecule has 3 N–H and O–H groups in total. The minimum absolute atomic E-state index is 0.104. The van der Waals surface area contributed by atoms with Crippen molar-refractivity contribution in [2.75, 3.05) is 18.4 Å². The van der Waals surface area contributed by atoms with Gasteiger partial charge in [0, 0.05) is 18.8 Å². The van der Waals surface area contributed by atoms with Gasteiger partial charge in [-0.15, -0.1) is 6.58 Å². The largest absolute Gasteiger partial charge is 0.370 e. The average molecular weight is 314 g/mol. The minimum Gasteiger partial charge on any atom is -0.370 e. The van der Waals surface area contributed by atoms with Crippen LogP contribution in [0.5, 0.6) is 0 Å². The molecule has 0 aromatic heterocycles. The van der Waals surface area contributed by atoms with Gasteiger partial charge in [0.2, 0.25) is 5.91 Å². The molecule has 5 nitrogen and oxygen atoms in total. The van der Waals surface area contributed by atoms with Crippen molar-refractivity contribution >= 4 is 17.6 Å². The summed E-state index contributed by atoms with van der Waals surface area (Å²) in [6, 6.07) is 7.89. The monoisotopic (exact) mass is 314 g/mol. The number of aliphatic imine (C=N–C) groups is 1. The first-order chi connectivity index (χ1) is 11.2. The van der Waals surface area contributed by atoms with Crippen molar-refractivity contribution in [1.29, 1.82) is 0 Å². The van der Waals surface area contributed by atoms with Gasteiger partial charge < -0.3 is 16.0 Å². The van der Waals surface area contributed by atoms with Crippen LogP contribution in [0.25, 0.3) is 0 Å². The number of para-hydroxylation sites is 1. The average Bonchev–Trinajstić information content (AvgIpc) is 2.54. The third-order valence-electron chi connectivity index (χ3n) is 3.96. The van der Waals surface area contributed by atoms with Crippen molar-refractivity contribution < 1.29 is 4.79 Å². The highest BCUT2D eigenvalue weighted by atomic mass is 16.1. The van der Waals surface area contributed by atoms with E-state index in [0.717, 1.165) is 30.2 Å². The molecule has 1 heterocycles. The Balaban J connectivity index is 2.32. The Morgan fingerprint density at radius 1 is 1.43 bits per heavy atom. The van der Waals surface area contributed by atoms with Crippen molar-refractivity contribution in [3.8, 4) is 0 Å². The van der Waals surface area contributed by atoms with Crippen molar-refractivity contribution in [2.24, 2.45) is 10.7 Å². The fourth-order valence-electron chi connectivity index (χ4n) is 2.85. The number of hydrogen-bond acceptors (Lipinski definition) is 2. The van der Waals surface area contributed by atoms with Gasteiger partial charge in [0.25, 0.3) is 0 Å². The lowest BCUT2D eigenvalue weighted by Gasteiger charge is -2.39. The molecule has 0 fully saturated rings. The lowest BCUT2D eigenvalue weighted by atomic mass is 9.97. The molecule has 0 saturated carbocycles. The number of amides is 1. The van der Waals surface area contributed by atoms with Crippen LogP contribution >= 0.6 is 0 Å². The number of benzene rings is 1. The first kappa shape index (κ1) is 17.1. The van der Waals surface area contributed by atoms with Crippen LogP contribution in [0, 0.1) is 0 Å². The fourth-order valence-corrected chi connectivity index (χ4v) is 2.85. The van der Waals surface area contributed by atoms with Crippen molar-refractivity contribution in [3.05, 3.63) is 42.5 Å². The predicted molar refractivity (Wildman–Crippen MR) is 95.3 cm³/mol. The van der Waals surface area contributed by atoms with Gasteiger partial charge in [-0.25, -0.2) is 0 Å². The Morgan fingerprint density at radius 3 is 2.91 bits per heavy atom. The lowest BCUT2D eigenvalue weighted by Crippen LogP contribution is -2.45.